The number of alkyl halides is 3. The molecule has 0 aliphatic heterocycles. The average molecular weight is 329 g/mol. The van der Waals surface area contributed by atoms with Crippen molar-refractivity contribution in [3.63, 3.8) is 0 Å². The van der Waals surface area contributed by atoms with Crippen molar-refractivity contribution in [3.8, 4) is 0 Å². The highest BCUT2D eigenvalue weighted by molar-refractivity contribution is 5.85. The van der Waals surface area contributed by atoms with Crippen LogP contribution in [0.1, 0.15) is 19.2 Å². The van der Waals surface area contributed by atoms with Crippen molar-refractivity contribution in [1.82, 2.24) is 14.9 Å². The topological polar surface area (TPSA) is 84.2 Å². The molecule has 1 amide bonds. The summed E-state index contributed by atoms with van der Waals surface area (Å²) in [6.07, 6.45) is -4.60. The second kappa shape index (κ2) is 6.27. The molecule has 1 aromatic heterocycles. The third-order valence-electron chi connectivity index (χ3n) is 3.25. The molecule has 0 aliphatic carbocycles. The van der Waals surface area contributed by atoms with E-state index in [9.17, 15) is 22.8 Å². The number of rotatable bonds is 5. The maximum Gasteiger partial charge on any atom is 0.449 e. The van der Waals surface area contributed by atoms with Crippen molar-refractivity contribution >= 4 is 22.9 Å². The molecule has 0 spiro atoms. The molecule has 9 heteroatoms. The second-order valence-corrected chi connectivity index (χ2v) is 4.87. The van der Waals surface area contributed by atoms with Gasteiger partial charge < -0.3 is 15.0 Å². The number of para-hydroxylation sites is 2. The first kappa shape index (κ1) is 16.8. The molecular formula is C14H14F3N3O3. The van der Waals surface area contributed by atoms with E-state index in [1.54, 1.807) is 6.92 Å². The summed E-state index contributed by atoms with van der Waals surface area (Å²) in [5, 5.41) is 11.1. The third-order valence-corrected chi connectivity index (χ3v) is 3.25. The highest BCUT2D eigenvalue weighted by atomic mass is 19.4. The Balaban J connectivity index is 2.35. The number of amides is 1. The summed E-state index contributed by atoms with van der Waals surface area (Å²) in [6.45, 7) is 0.881. The van der Waals surface area contributed by atoms with Gasteiger partial charge in [-0.25, -0.2) is 9.78 Å². The fourth-order valence-electron chi connectivity index (χ4n) is 2.17. The Morgan fingerprint density at radius 2 is 2.00 bits per heavy atom. The van der Waals surface area contributed by atoms with Crippen molar-refractivity contribution < 1.29 is 27.9 Å². The van der Waals surface area contributed by atoms with Crippen molar-refractivity contribution in [2.75, 3.05) is 0 Å². The highest BCUT2D eigenvalue weighted by Gasteiger charge is 2.38. The first-order valence-electron chi connectivity index (χ1n) is 6.78. The van der Waals surface area contributed by atoms with Gasteiger partial charge in [-0.2, -0.15) is 13.2 Å². The van der Waals surface area contributed by atoms with Crippen LogP contribution in [0.4, 0.5) is 13.2 Å². The summed E-state index contributed by atoms with van der Waals surface area (Å²) in [6, 6.07) is 4.75. The van der Waals surface area contributed by atoms with E-state index < -0.39 is 36.5 Å². The van der Waals surface area contributed by atoms with E-state index in [1.807, 2.05) is 0 Å². The van der Waals surface area contributed by atoms with Crippen LogP contribution >= 0.6 is 0 Å². The number of fused-ring (bicyclic) bond motifs is 1. The monoisotopic (exact) mass is 329 g/mol. The smallest absolute Gasteiger partial charge is 0.449 e. The van der Waals surface area contributed by atoms with E-state index in [2.05, 4.69) is 10.3 Å². The molecule has 0 aliphatic rings. The molecule has 1 aromatic carbocycles. The zero-order valence-corrected chi connectivity index (χ0v) is 12.1. The molecule has 1 unspecified atom stereocenters. The normalized spacial score (nSPS) is 13.0. The summed E-state index contributed by atoms with van der Waals surface area (Å²) < 4.78 is 40.0. The third kappa shape index (κ3) is 3.61. The van der Waals surface area contributed by atoms with Gasteiger partial charge in [-0.05, 0) is 18.6 Å². The Morgan fingerprint density at radius 3 is 2.57 bits per heavy atom. The van der Waals surface area contributed by atoms with E-state index in [0.29, 0.717) is 0 Å². The molecule has 1 heterocycles. The number of aromatic nitrogens is 2. The molecule has 1 atom stereocenters. The second-order valence-electron chi connectivity index (χ2n) is 4.87. The number of nitrogens with one attached hydrogen (secondary N) is 1. The number of nitrogens with zero attached hydrogens (tertiary/aromatic N) is 2. The minimum Gasteiger partial charge on any atom is -0.480 e. The molecule has 0 saturated heterocycles. The lowest BCUT2D eigenvalue weighted by atomic mass is 10.2. The molecule has 0 fully saturated rings. The van der Waals surface area contributed by atoms with E-state index in [-0.39, 0.29) is 17.5 Å². The molecule has 6 nitrogen and oxygen atoms in total. The fraction of sp³-hybridized carbons (Fsp3) is 0.357. The number of halogens is 3. The quantitative estimate of drug-likeness (QED) is 0.879. The van der Waals surface area contributed by atoms with Gasteiger partial charge in [0.25, 0.3) is 0 Å². The van der Waals surface area contributed by atoms with Crippen molar-refractivity contribution in [2.45, 2.75) is 32.1 Å². The van der Waals surface area contributed by atoms with Crippen LogP contribution < -0.4 is 5.32 Å². The molecule has 2 aromatic rings. The number of aliphatic carboxylic acids is 1. The van der Waals surface area contributed by atoms with Crippen LogP contribution in [0.3, 0.4) is 0 Å². The van der Waals surface area contributed by atoms with E-state index in [1.165, 1.54) is 24.3 Å². The average Bonchev–Trinajstić information content (AvgIpc) is 2.83. The standard InChI is InChI=1S/C14H14F3N3O3/c1-2-8(12(22)23)18-11(21)7-20-10-6-4-3-5-9(10)19-13(20)14(15,16)17/h3-6,8H,2,7H2,1H3,(H,18,21)(H,22,23). The van der Waals surface area contributed by atoms with Crippen LogP contribution in [0.15, 0.2) is 24.3 Å². The maximum absolute atomic E-state index is 13.1. The predicted octanol–water partition coefficient (Wildman–Crippen LogP) is 2.03. The Bertz CT molecular complexity index is 740. The number of benzene rings is 1. The van der Waals surface area contributed by atoms with Crippen LogP contribution in [-0.4, -0.2) is 32.6 Å². The Kier molecular flexibility index (Phi) is 4.57. The molecule has 23 heavy (non-hydrogen) atoms. The molecule has 2 N–H and O–H groups in total. The van der Waals surface area contributed by atoms with E-state index in [0.717, 1.165) is 4.57 Å². The molecule has 0 radical (unpaired) electrons. The molecule has 2 rings (SSSR count). The first-order chi connectivity index (χ1) is 10.7. The first-order valence-corrected chi connectivity index (χ1v) is 6.78. The zero-order chi connectivity index (χ0) is 17.2. The number of carbonyl (C=O) groups excluding carboxylic acids is 1. The summed E-state index contributed by atoms with van der Waals surface area (Å²) in [4.78, 5) is 26.3. The van der Waals surface area contributed by atoms with Crippen LogP contribution in [0, 0.1) is 0 Å². The fourth-order valence-corrected chi connectivity index (χ4v) is 2.17. The van der Waals surface area contributed by atoms with Gasteiger partial charge >= 0.3 is 12.1 Å². The Morgan fingerprint density at radius 1 is 1.35 bits per heavy atom. The highest BCUT2D eigenvalue weighted by Crippen LogP contribution is 2.31. The number of imidazole rings is 1. The summed E-state index contributed by atoms with van der Waals surface area (Å²) in [5.41, 5.74) is 0.260. The van der Waals surface area contributed by atoms with Crippen LogP contribution in [-0.2, 0) is 22.3 Å². The number of hydrogen-bond acceptors (Lipinski definition) is 3. The Hall–Kier alpha value is -2.58. The summed E-state index contributed by atoms with van der Waals surface area (Å²) in [7, 11) is 0. The van der Waals surface area contributed by atoms with Gasteiger partial charge in [-0.1, -0.05) is 19.1 Å². The number of hydrogen-bond donors (Lipinski definition) is 2. The van der Waals surface area contributed by atoms with Gasteiger partial charge in [-0.15, -0.1) is 0 Å². The molecule has 0 saturated carbocycles. The lowest BCUT2D eigenvalue weighted by Crippen LogP contribution is -2.42. The zero-order valence-electron chi connectivity index (χ0n) is 12.1. The number of carbonyl (C=O) groups is 2. The molecular weight excluding hydrogens is 315 g/mol. The van der Waals surface area contributed by atoms with Gasteiger partial charge in [-0.3, -0.25) is 4.79 Å². The summed E-state index contributed by atoms with van der Waals surface area (Å²) >= 11 is 0. The van der Waals surface area contributed by atoms with Gasteiger partial charge in [0.2, 0.25) is 11.7 Å². The number of carboxylic acid groups (broad SMARTS) is 1. The molecule has 124 valence electrons. The van der Waals surface area contributed by atoms with Gasteiger partial charge in [0.1, 0.15) is 12.6 Å². The van der Waals surface area contributed by atoms with Crippen LogP contribution in [0.5, 0.6) is 0 Å². The minimum atomic E-state index is -4.73. The maximum atomic E-state index is 13.1. The van der Waals surface area contributed by atoms with Gasteiger partial charge in [0.15, 0.2) is 0 Å². The SMILES string of the molecule is CCC(NC(=O)Cn1c(C(F)(F)F)nc2ccccc21)C(=O)O. The molecule has 0 bridgehead atoms. The van der Waals surface area contributed by atoms with Crippen molar-refractivity contribution in [3.05, 3.63) is 30.1 Å². The van der Waals surface area contributed by atoms with E-state index >= 15 is 0 Å². The Labute approximate surface area is 128 Å². The van der Waals surface area contributed by atoms with Gasteiger partial charge in [0.05, 0.1) is 11.0 Å². The largest absolute Gasteiger partial charge is 0.480 e. The summed E-state index contributed by atoms with van der Waals surface area (Å²) in [5.74, 6) is -3.27. The van der Waals surface area contributed by atoms with Crippen LogP contribution in [0.2, 0.25) is 0 Å². The predicted molar refractivity (Wildman–Crippen MR) is 74.6 cm³/mol. The van der Waals surface area contributed by atoms with E-state index in [4.69, 9.17) is 5.11 Å². The number of carboxylic acids is 1. The van der Waals surface area contributed by atoms with Crippen molar-refractivity contribution in [2.24, 2.45) is 0 Å². The van der Waals surface area contributed by atoms with Gasteiger partial charge in [0, 0.05) is 0 Å². The van der Waals surface area contributed by atoms with Crippen LogP contribution in [0.25, 0.3) is 11.0 Å². The lowest BCUT2D eigenvalue weighted by Gasteiger charge is -2.15. The lowest BCUT2D eigenvalue weighted by molar-refractivity contribution is -0.148. The van der Waals surface area contributed by atoms with Crippen molar-refractivity contribution in [1.29, 1.82) is 0 Å². The minimum absolute atomic E-state index is 0.109.